The van der Waals surface area contributed by atoms with Crippen LogP contribution in [-0.4, -0.2) is 37.4 Å². The fourth-order valence-corrected chi connectivity index (χ4v) is 2.89. The second kappa shape index (κ2) is 9.17. The van der Waals surface area contributed by atoms with Crippen molar-refractivity contribution in [3.63, 3.8) is 0 Å². The number of esters is 1. The van der Waals surface area contributed by atoms with E-state index in [0.29, 0.717) is 19.4 Å². The molecule has 0 bridgehead atoms. The third kappa shape index (κ3) is 5.45. The van der Waals surface area contributed by atoms with Gasteiger partial charge in [-0.15, -0.1) is 0 Å². The molecule has 24 heavy (non-hydrogen) atoms. The Labute approximate surface area is 141 Å². The van der Waals surface area contributed by atoms with E-state index in [1.165, 1.54) is 7.11 Å². The van der Waals surface area contributed by atoms with Gasteiger partial charge in [0, 0.05) is 12.8 Å². The molecule has 6 nitrogen and oxygen atoms in total. The smallest absolute Gasteiger partial charge is 0.328 e. The van der Waals surface area contributed by atoms with E-state index in [1.807, 2.05) is 30.3 Å². The number of amides is 1. The monoisotopic (exact) mass is 333 g/mol. The fourth-order valence-electron chi connectivity index (χ4n) is 2.89. The molecule has 1 fully saturated rings. The minimum Gasteiger partial charge on any atom is -0.467 e. The number of benzene rings is 1. The summed E-state index contributed by atoms with van der Waals surface area (Å²) < 4.78 is 10.1. The molecule has 6 heteroatoms. The second-order valence-corrected chi connectivity index (χ2v) is 5.94. The molecule has 1 N–H and O–H groups in total. The van der Waals surface area contributed by atoms with Crippen LogP contribution in [0.25, 0.3) is 0 Å². The predicted octanol–water partition coefficient (Wildman–Crippen LogP) is 1.62. The van der Waals surface area contributed by atoms with Crippen LogP contribution in [0.4, 0.5) is 0 Å². The van der Waals surface area contributed by atoms with Crippen LogP contribution in [0.2, 0.25) is 0 Å². The van der Waals surface area contributed by atoms with Crippen LogP contribution in [0.5, 0.6) is 0 Å². The Hall–Kier alpha value is -2.21. The number of ether oxygens (including phenoxy) is 2. The number of carbonyl (C=O) groups is 3. The van der Waals surface area contributed by atoms with Crippen LogP contribution >= 0.6 is 0 Å². The summed E-state index contributed by atoms with van der Waals surface area (Å²) in [6.45, 7) is 0.169. The van der Waals surface area contributed by atoms with Gasteiger partial charge >= 0.3 is 5.97 Å². The van der Waals surface area contributed by atoms with Gasteiger partial charge in [-0.3, -0.25) is 9.59 Å². The Bertz CT molecular complexity index is 572. The quantitative estimate of drug-likeness (QED) is 0.767. The standard InChI is InChI=1S/C18H23NO5/c1-23-18(22)17(14-8-5-9-15(20)10-14)19-16(21)12-24-11-13-6-3-2-4-7-13/h2-4,6-7,14,17H,5,8-12H2,1H3,(H,19,21)/t14-,17-/m0/s1. The van der Waals surface area contributed by atoms with Crippen LogP contribution in [0, 0.1) is 5.92 Å². The SMILES string of the molecule is COC(=O)[C@@H](NC(=O)COCc1ccccc1)[C@H]1CCCC(=O)C1. The summed E-state index contributed by atoms with van der Waals surface area (Å²) in [5.41, 5.74) is 0.965. The summed E-state index contributed by atoms with van der Waals surface area (Å²) in [4.78, 5) is 35.6. The zero-order chi connectivity index (χ0) is 17.4. The molecule has 1 aromatic carbocycles. The number of nitrogens with one attached hydrogen (secondary N) is 1. The minimum atomic E-state index is -0.799. The first-order chi connectivity index (χ1) is 11.6. The lowest BCUT2D eigenvalue weighted by molar-refractivity contribution is -0.148. The van der Waals surface area contributed by atoms with Gasteiger partial charge in [0.25, 0.3) is 0 Å². The second-order valence-electron chi connectivity index (χ2n) is 5.94. The van der Waals surface area contributed by atoms with Gasteiger partial charge in [0.2, 0.25) is 5.91 Å². The summed E-state index contributed by atoms with van der Waals surface area (Å²) in [5, 5.41) is 2.65. The zero-order valence-corrected chi connectivity index (χ0v) is 13.8. The zero-order valence-electron chi connectivity index (χ0n) is 13.8. The molecule has 130 valence electrons. The normalized spacial score (nSPS) is 18.7. The molecule has 1 aromatic rings. The number of ketones is 1. The van der Waals surface area contributed by atoms with Crippen molar-refractivity contribution >= 4 is 17.7 Å². The summed E-state index contributed by atoms with van der Waals surface area (Å²) in [7, 11) is 1.28. The molecule has 0 saturated heterocycles. The van der Waals surface area contributed by atoms with Crippen LogP contribution in [0.1, 0.15) is 31.2 Å². The molecule has 1 aliphatic carbocycles. The van der Waals surface area contributed by atoms with E-state index in [9.17, 15) is 14.4 Å². The summed E-state index contributed by atoms with van der Waals surface area (Å²) in [5.74, 6) is -1.00. The maximum atomic E-state index is 12.1. The van der Waals surface area contributed by atoms with E-state index in [1.54, 1.807) is 0 Å². The maximum Gasteiger partial charge on any atom is 0.328 e. The molecule has 0 spiro atoms. The number of Topliss-reactive ketones (excluding diaryl/α,β-unsaturated/α-hetero) is 1. The van der Waals surface area contributed by atoms with E-state index in [2.05, 4.69) is 5.32 Å². The van der Waals surface area contributed by atoms with Crippen molar-refractivity contribution in [2.45, 2.75) is 38.3 Å². The summed E-state index contributed by atoms with van der Waals surface area (Å²) in [6, 6.07) is 8.71. The van der Waals surface area contributed by atoms with Crippen molar-refractivity contribution in [1.29, 1.82) is 0 Å². The highest BCUT2D eigenvalue weighted by atomic mass is 16.5. The van der Waals surface area contributed by atoms with Crippen molar-refractivity contribution in [2.75, 3.05) is 13.7 Å². The van der Waals surface area contributed by atoms with Gasteiger partial charge < -0.3 is 14.8 Å². The van der Waals surface area contributed by atoms with Crippen LogP contribution in [0.3, 0.4) is 0 Å². The molecular weight excluding hydrogens is 310 g/mol. The van der Waals surface area contributed by atoms with E-state index in [-0.39, 0.29) is 24.2 Å². The summed E-state index contributed by atoms with van der Waals surface area (Å²) >= 11 is 0. The van der Waals surface area contributed by atoms with E-state index in [0.717, 1.165) is 18.4 Å². The van der Waals surface area contributed by atoms with E-state index < -0.39 is 12.0 Å². The van der Waals surface area contributed by atoms with Crippen molar-refractivity contribution in [2.24, 2.45) is 5.92 Å². The molecule has 0 aliphatic heterocycles. The Morgan fingerprint density at radius 2 is 2.04 bits per heavy atom. The Balaban J connectivity index is 1.85. The maximum absolute atomic E-state index is 12.1. The number of hydrogen-bond donors (Lipinski definition) is 1. The largest absolute Gasteiger partial charge is 0.467 e. The third-order valence-electron chi connectivity index (χ3n) is 4.11. The fraction of sp³-hybridized carbons (Fsp3) is 0.500. The van der Waals surface area contributed by atoms with Gasteiger partial charge in [0.05, 0.1) is 13.7 Å². The molecule has 0 radical (unpaired) electrons. The number of rotatable bonds is 7. The van der Waals surface area contributed by atoms with Crippen molar-refractivity contribution in [3.05, 3.63) is 35.9 Å². The molecule has 0 aromatic heterocycles. The average Bonchev–Trinajstić information content (AvgIpc) is 2.60. The number of hydrogen-bond acceptors (Lipinski definition) is 5. The molecule has 2 atom stereocenters. The number of carbonyl (C=O) groups excluding carboxylic acids is 3. The van der Waals surface area contributed by atoms with Crippen molar-refractivity contribution in [1.82, 2.24) is 5.32 Å². The average molecular weight is 333 g/mol. The molecule has 2 rings (SSSR count). The highest BCUT2D eigenvalue weighted by Gasteiger charge is 2.34. The van der Waals surface area contributed by atoms with Crippen LogP contribution in [-0.2, 0) is 30.5 Å². The van der Waals surface area contributed by atoms with Gasteiger partial charge in [0.1, 0.15) is 18.4 Å². The summed E-state index contributed by atoms with van der Waals surface area (Å²) in [6.07, 6.45) is 2.29. The lowest BCUT2D eigenvalue weighted by atomic mass is 9.83. The highest BCUT2D eigenvalue weighted by molar-refractivity contribution is 5.86. The van der Waals surface area contributed by atoms with Crippen molar-refractivity contribution < 1.29 is 23.9 Å². The van der Waals surface area contributed by atoms with Crippen LogP contribution < -0.4 is 5.32 Å². The first kappa shape index (κ1) is 18.1. The molecule has 1 amide bonds. The molecule has 0 unspecified atom stereocenters. The Morgan fingerprint density at radius 1 is 1.29 bits per heavy atom. The van der Waals surface area contributed by atoms with Gasteiger partial charge in [-0.1, -0.05) is 30.3 Å². The van der Waals surface area contributed by atoms with Gasteiger partial charge in [0.15, 0.2) is 0 Å². The lowest BCUT2D eigenvalue weighted by Gasteiger charge is -2.28. The van der Waals surface area contributed by atoms with Gasteiger partial charge in [-0.2, -0.15) is 0 Å². The Morgan fingerprint density at radius 3 is 2.71 bits per heavy atom. The van der Waals surface area contributed by atoms with Crippen molar-refractivity contribution in [3.8, 4) is 0 Å². The first-order valence-corrected chi connectivity index (χ1v) is 8.10. The lowest BCUT2D eigenvalue weighted by Crippen LogP contribution is -2.49. The Kier molecular flexibility index (Phi) is 6.93. The van der Waals surface area contributed by atoms with E-state index >= 15 is 0 Å². The number of methoxy groups -OCH3 is 1. The minimum absolute atomic E-state index is 0.120. The highest BCUT2D eigenvalue weighted by Crippen LogP contribution is 2.25. The van der Waals surface area contributed by atoms with Gasteiger partial charge in [-0.05, 0) is 24.3 Å². The molecule has 0 heterocycles. The van der Waals surface area contributed by atoms with Crippen LogP contribution in [0.15, 0.2) is 30.3 Å². The first-order valence-electron chi connectivity index (χ1n) is 8.10. The van der Waals surface area contributed by atoms with E-state index in [4.69, 9.17) is 9.47 Å². The molecular formula is C18H23NO5. The van der Waals surface area contributed by atoms with Gasteiger partial charge in [-0.25, -0.2) is 4.79 Å². The molecule has 1 aliphatic rings. The topological polar surface area (TPSA) is 81.7 Å². The predicted molar refractivity (Wildman–Crippen MR) is 87.0 cm³/mol. The molecule has 1 saturated carbocycles. The third-order valence-corrected chi connectivity index (χ3v) is 4.11.